The highest BCUT2D eigenvalue weighted by atomic mass is 19.4. The van der Waals surface area contributed by atoms with E-state index in [2.05, 4.69) is 11.7 Å². The molecule has 0 aromatic carbocycles. The molecule has 0 bridgehead atoms. The zero-order chi connectivity index (χ0) is 13.8. The Morgan fingerprint density at radius 1 is 1.56 bits per heavy atom. The maximum absolute atomic E-state index is 12.8. The normalized spacial score (nSPS) is 12.1. The first kappa shape index (κ1) is 14.7. The van der Waals surface area contributed by atoms with E-state index in [1.165, 1.54) is 13.2 Å². The Kier molecular flexibility index (Phi) is 4.92. The van der Waals surface area contributed by atoms with Crippen LogP contribution >= 0.6 is 0 Å². The minimum atomic E-state index is -4.43. The molecule has 0 spiro atoms. The number of nitrogens with zero attached hydrogens (tertiary/aromatic N) is 3. The topological polar surface area (TPSA) is 41.3 Å². The molecule has 1 aromatic rings. The van der Waals surface area contributed by atoms with E-state index in [1.807, 2.05) is 0 Å². The molecule has 1 aromatic heterocycles. The van der Waals surface area contributed by atoms with Crippen LogP contribution in [-0.2, 0) is 19.8 Å². The van der Waals surface area contributed by atoms with Gasteiger partial charge in [0, 0.05) is 32.2 Å². The Bertz CT molecular complexity index is 401. The second-order valence-electron chi connectivity index (χ2n) is 3.89. The minimum Gasteiger partial charge on any atom is -0.395 e. The molecular weight excluding hydrogens is 247 g/mol. The number of aliphatic hydroxyl groups is 1. The Morgan fingerprint density at radius 2 is 2.22 bits per heavy atom. The molecule has 18 heavy (non-hydrogen) atoms. The lowest BCUT2D eigenvalue weighted by molar-refractivity contribution is -0.144. The van der Waals surface area contributed by atoms with E-state index in [0.29, 0.717) is 6.54 Å². The van der Waals surface area contributed by atoms with Crippen molar-refractivity contribution in [3.8, 4) is 0 Å². The molecule has 1 N–H and O–H groups in total. The summed E-state index contributed by atoms with van der Waals surface area (Å²) >= 11 is 0. The summed E-state index contributed by atoms with van der Waals surface area (Å²) in [4.78, 5) is 1.67. The summed E-state index contributed by atoms with van der Waals surface area (Å²) < 4.78 is 39.3. The van der Waals surface area contributed by atoms with Gasteiger partial charge in [-0.2, -0.15) is 18.3 Å². The summed E-state index contributed by atoms with van der Waals surface area (Å²) in [6.45, 7) is 4.20. The Morgan fingerprint density at radius 3 is 2.72 bits per heavy atom. The molecule has 7 heteroatoms. The summed E-state index contributed by atoms with van der Waals surface area (Å²) in [7, 11) is 1.26. The Hall–Kier alpha value is -1.34. The first-order chi connectivity index (χ1) is 8.40. The van der Waals surface area contributed by atoms with Gasteiger partial charge in [-0.3, -0.25) is 9.58 Å². The van der Waals surface area contributed by atoms with Crippen LogP contribution in [0.1, 0.15) is 11.3 Å². The van der Waals surface area contributed by atoms with Crippen LogP contribution in [0.2, 0.25) is 0 Å². The molecule has 0 unspecified atom stereocenters. The number of halogens is 3. The predicted octanol–water partition coefficient (Wildman–Crippen LogP) is 1.42. The fourth-order valence-corrected chi connectivity index (χ4v) is 1.76. The molecule has 0 aliphatic heterocycles. The van der Waals surface area contributed by atoms with Gasteiger partial charge in [0.25, 0.3) is 0 Å². The van der Waals surface area contributed by atoms with Crippen molar-refractivity contribution in [1.29, 1.82) is 0 Å². The molecule has 1 heterocycles. The van der Waals surface area contributed by atoms with Crippen molar-refractivity contribution in [2.45, 2.75) is 12.7 Å². The first-order valence-corrected chi connectivity index (χ1v) is 5.42. The van der Waals surface area contributed by atoms with E-state index in [1.54, 1.807) is 11.0 Å². The zero-order valence-corrected chi connectivity index (χ0v) is 10.1. The van der Waals surface area contributed by atoms with Gasteiger partial charge in [0.05, 0.1) is 12.8 Å². The molecule has 0 amide bonds. The highest BCUT2D eigenvalue weighted by Gasteiger charge is 2.37. The lowest BCUT2D eigenvalue weighted by Crippen LogP contribution is -2.28. The summed E-state index contributed by atoms with van der Waals surface area (Å²) in [5.41, 5.74) is -0.658. The monoisotopic (exact) mass is 263 g/mol. The fourth-order valence-electron chi connectivity index (χ4n) is 1.76. The predicted molar refractivity (Wildman–Crippen MR) is 60.8 cm³/mol. The van der Waals surface area contributed by atoms with E-state index in [9.17, 15) is 13.2 Å². The van der Waals surface area contributed by atoms with Gasteiger partial charge in [-0.15, -0.1) is 6.58 Å². The molecule has 0 aliphatic carbocycles. The first-order valence-electron chi connectivity index (χ1n) is 5.42. The second kappa shape index (κ2) is 6.01. The molecule has 0 fully saturated rings. The Balaban J connectivity index is 2.92. The maximum atomic E-state index is 12.8. The number of aryl methyl sites for hydroxylation is 1. The SMILES string of the molecule is C=CCN(CCO)Cc1cnn(C)c1C(F)(F)F. The minimum absolute atomic E-state index is 0.0786. The van der Waals surface area contributed by atoms with Crippen LogP contribution < -0.4 is 0 Å². The third-order valence-electron chi connectivity index (χ3n) is 2.48. The van der Waals surface area contributed by atoms with Gasteiger partial charge >= 0.3 is 6.18 Å². The summed E-state index contributed by atoms with van der Waals surface area (Å²) in [6, 6.07) is 0. The fraction of sp³-hybridized carbons (Fsp3) is 0.545. The molecule has 0 saturated heterocycles. The van der Waals surface area contributed by atoms with Crippen LogP contribution in [0.15, 0.2) is 18.9 Å². The number of aliphatic hydroxyl groups excluding tert-OH is 1. The third-order valence-corrected chi connectivity index (χ3v) is 2.48. The van der Waals surface area contributed by atoms with E-state index in [0.717, 1.165) is 4.68 Å². The van der Waals surface area contributed by atoms with Gasteiger partial charge in [0.2, 0.25) is 0 Å². The van der Waals surface area contributed by atoms with Crippen molar-refractivity contribution in [1.82, 2.24) is 14.7 Å². The average Bonchev–Trinajstić information content (AvgIpc) is 2.60. The highest BCUT2D eigenvalue weighted by Crippen LogP contribution is 2.31. The van der Waals surface area contributed by atoms with Gasteiger partial charge in [-0.05, 0) is 0 Å². The number of hydrogen-bond acceptors (Lipinski definition) is 3. The average molecular weight is 263 g/mol. The van der Waals surface area contributed by atoms with Crippen LogP contribution in [-0.4, -0.2) is 39.5 Å². The van der Waals surface area contributed by atoms with Crippen LogP contribution in [0.3, 0.4) is 0 Å². The number of rotatable bonds is 6. The van der Waals surface area contributed by atoms with Crippen molar-refractivity contribution in [3.63, 3.8) is 0 Å². The van der Waals surface area contributed by atoms with Gasteiger partial charge in [-0.25, -0.2) is 0 Å². The molecule has 0 radical (unpaired) electrons. The molecule has 4 nitrogen and oxygen atoms in total. The van der Waals surface area contributed by atoms with Crippen LogP contribution in [0, 0.1) is 0 Å². The zero-order valence-electron chi connectivity index (χ0n) is 10.1. The van der Waals surface area contributed by atoms with Gasteiger partial charge in [0.1, 0.15) is 5.69 Å². The molecular formula is C11H16F3N3O. The summed E-state index contributed by atoms with van der Waals surface area (Å²) in [5.74, 6) is 0. The Labute approximate surface area is 103 Å². The van der Waals surface area contributed by atoms with Crippen molar-refractivity contribution in [3.05, 3.63) is 30.1 Å². The molecule has 102 valence electrons. The highest BCUT2D eigenvalue weighted by molar-refractivity contribution is 5.20. The number of alkyl halides is 3. The van der Waals surface area contributed by atoms with Crippen LogP contribution in [0.5, 0.6) is 0 Å². The van der Waals surface area contributed by atoms with Crippen molar-refractivity contribution < 1.29 is 18.3 Å². The standard InChI is InChI=1S/C11H16F3N3O/c1-3-4-17(5-6-18)8-9-7-15-16(2)10(9)11(12,13)14/h3,7,18H,1,4-6,8H2,2H3. The van der Waals surface area contributed by atoms with Crippen molar-refractivity contribution in [2.24, 2.45) is 7.05 Å². The lowest BCUT2D eigenvalue weighted by Gasteiger charge is -2.20. The quantitative estimate of drug-likeness (QED) is 0.789. The van der Waals surface area contributed by atoms with E-state index in [4.69, 9.17) is 5.11 Å². The smallest absolute Gasteiger partial charge is 0.395 e. The third kappa shape index (κ3) is 3.58. The van der Waals surface area contributed by atoms with Crippen LogP contribution in [0.25, 0.3) is 0 Å². The van der Waals surface area contributed by atoms with Crippen molar-refractivity contribution >= 4 is 0 Å². The van der Waals surface area contributed by atoms with Crippen LogP contribution in [0.4, 0.5) is 13.2 Å². The number of aromatic nitrogens is 2. The van der Waals surface area contributed by atoms with E-state index < -0.39 is 11.9 Å². The van der Waals surface area contributed by atoms with Crippen molar-refractivity contribution in [2.75, 3.05) is 19.7 Å². The van der Waals surface area contributed by atoms with Gasteiger partial charge in [0.15, 0.2) is 0 Å². The largest absolute Gasteiger partial charge is 0.433 e. The number of hydrogen-bond donors (Lipinski definition) is 1. The van der Waals surface area contributed by atoms with E-state index >= 15 is 0 Å². The molecule has 0 atom stereocenters. The summed E-state index contributed by atoms with van der Waals surface area (Å²) in [6.07, 6.45) is -1.64. The van der Waals surface area contributed by atoms with Gasteiger partial charge < -0.3 is 5.11 Å². The second-order valence-corrected chi connectivity index (χ2v) is 3.89. The maximum Gasteiger partial charge on any atom is 0.433 e. The van der Waals surface area contributed by atoms with Gasteiger partial charge in [-0.1, -0.05) is 6.08 Å². The summed E-state index contributed by atoms with van der Waals surface area (Å²) in [5, 5.41) is 12.5. The molecule has 0 saturated carbocycles. The lowest BCUT2D eigenvalue weighted by atomic mass is 10.2. The van der Waals surface area contributed by atoms with E-state index in [-0.39, 0.29) is 25.3 Å². The molecule has 1 rings (SSSR count). The molecule has 0 aliphatic rings.